The van der Waals surface area contributed by atoms with Crippen LogP contribution in [-0.4, -0.2) is 8.07 Å². The Hall–Kier alpha value is -4.09. The summed E-state index contributed by atoms with van der Waals surface area (Å²) >= 11 is 0. The number of halogens is 3. The molecule has 0 aromatic heterocycles. The smallest absolute Gasteiger partial charge is 0.128 e. The number of nitrogens with zero attached hydrogens (tertiary/aromatic N) is 1. The maximum absolute atomic E-state index is 14.5. The summed E-state index contributed by atoms with van der Waals surface area (Å²) in [4.78, 5) is 1.89. The molecule has 0 bridgehead atoms. The summed E-state index contributed by atoms with van der Waals surface area (Å²) in [5.74, 6) is -1.62. The van der Waals surface area contributed by atoms with Gasteiger partial charge in [0.25, 0.3) is 0 Å². The summed E-state index contributed by atoms with van der Waals surface area (Å²) in [7, 11) is -1.98. The van der Waals surface area contributed by atoms with Gasteiger partial charge in [-0.2, -0.15) is 0 Å². The number of para-hydroxylation sites is 1. The standard InChI is InChI=1S/C32H24F3NSi/c1-37(2)31-10-6-4-8-28(31)29-16-15-25(20-32(29)37)36(26-18-23(34)17-24(35)19-26)30-9-5-3-7-27(30)21-11-13-22(33)14-12-21/h3-20H,1-2H3. The first-order valence-electron chi connectivity index (χ1n) is 12.2. The first-order chi connectivity index (χ1) is 17.8. The molecule has 37 heavy (non-hydrogen) atoms. The van der Waals surface area contributed by atoms with Crippen LogP contribution in [-0.2, 0) is 0 Å². The number of hydrogen-bond donors (Lipinski definition) is 0. The molecule has 5 heteroatoms. The van der Waals surface area contributed by atoms with Crippen LogP contribution in [0.3, 0.4) is 0 Å². The molecule has 0 saturated heterocycles. The van der Waals surface area contributed by atoms with E-state index in [1.165, 1.54) is 45.8 Å². The van der Waals surface area contributed by atoms with Crippen molar-refractivity contribution in [3.05, 3.63) is 127 Å². The van der Waals surface area contributed by atoms with Crippen LogP contribution in [0.4, 0.5) is 30.2 Å². The minimum Gasteiger partial charge on any atom is -0.310 e. The van der Waals surface area contributed by atoms with Crippen molar-refractivity contribution in [1.29, 1.82) is 0 Å². The Morgan fingerprint density at radius 2 is 1.14 bits per heavy atom. The molecule has 0 unspecified atom stereocenters. The van der Waals surface area contributed by atoms with Crippen LogP contribution >= 0.6 is 0 Å². The molecule has 0 atom stereocenters. The van der Waals surface area contributed by atoms with Crippen molar-refractivity contribution in [2.45, 2.75) is 13.1 Å². The summed E-state index contributed by atoms with van der Waals surface area (Å²) in [6.07, 6.45) is 0. The van der Waals surface area contributed by atoms with Gasteiger partial charge in [-0.25, -0.2) is 13.2 Å². The zero-order valence-electron chi connectivity index (χ0n) is 20.5. The maximum Gasteiger partial charge on any atom is 0.128 e. The van der Waals surface area contributed by atoms with Crippen molar-refractivity contribution >= 4 is 35.5 Å². The largest absolute Gasteiger partial charge is 0.310 e. The highest BCUT2D eigenvalue weighted by atomic mass is 28.3. The molecule has 1 heterocycles. The Kier molecular flexibility index (Phi) is 5.53. The van der Waals surface area contributed by atoms with Gasteiger partial charge in [0.05, 0.1) is 11.4 Å². The molecule has 0 aliphatic carbocycles. The lowest BCUT2D eigenvalue weighted by Crippen LogP contribution is -2.49. The van der Waals surface area contributed by atoms with Gasteiger partial charge < -0.3 is 4.90 Å². The van der Waals surface area contributed by atoms with Crippen molar-refractivity contribution in [3.8, 4) is 22.3 Å². The molecule has 6 rings (SSSR count). The third-order valence-electron chi connectivity index (χ3n) is 7.23. The Morgan fingerprint density at radius 3 is 1.86 bits per heavy atom. The number of anilines is 3. The van der Waals surface area contributed by atoms with E-state index in [-0.39, 0.29) is 5.82 Å². The third kappa shape index (κ3) is 3.96. The van der Waals surface area contributed by atoms with E-state index in [0.717, 1.165) is 28.6 Å². The fourth-order valence-electron chi connectivity index (χ4n) is 5.47. The van der Waals surface area contributed by atoms with Gasteiger partial charge >= 0.3 is 0 Å². The molecule has 0 N–H and O–H groups in total. The predicted octanol–water partition coefficient (Wildman–Crippen LogP) is 8.04. The molecule has 1 aliphatic heterocycles. The molecule has 0 fully saturated rings. The fraction of sp³-hybridized carbons (Fsp3) is 0.0625. The highest BCUT2D eigenvalue weighted by Crippen LogP contribution is 2.42. The lowest BCUT2D eigenvalue weighted by Gasteiger charge is -2.29. The van der Waals surface area contributed by atoms with Gasteiger partial charge in [0, 0.05) is 17.3 Å². The van der Waals surface area contributed by atoms with E-state index < -0.39 is 19.7 Å². The zero-order valence-corrected chi connectivity index (χ0v) is 21.5. The molecule has 1 aliphatic rings. The topological polar surface area (TPSA) is 3.24 Å². The lowest BCUT2D eigenvalue weighted by molar-refractivity contribution is 0.584. The van der Waals surface area contributed by atoms with Crippen molar-refractivity contribution in [2.75, 3.05) is 4.90 Å². The molecule has 0 saturated carbocycles. The van der Waals surface area contributed by atoms with E-state index >= 15 is 0 Å². The molecule has 0 spiro atoms. The van der Waals surface area contributed by atoms with E-state index in [1.54, 1.807) is 12.1 Å². The Morgan fingerprint density at radius 1 is 0.514 bits per heavy atom. The summed E-state index contributed by atoms with van der Waals surface area (Å²) in [6.45, 7) is 4.67. The molecule has 5 aromatic carbocycles. The van der Waals surface area contributed by atoms with Crippen LogP contribution in [0.5, 0.6) is 0 Å². The van der Waals surface area contributed by atoms with Crippen molar-refractivity contribution < 1.29 is 13.2 Å². The minimum absolute atomic E-state index is 0.323. The maximum atomic E-state index is 14.5. The van der Waals surface area contributed by atoms with Crippen LogP contribution in [0.15, 0.2) is 109 Å². The van der Waals surface area contributed by atoms with Crippen LogP contribution in [0.1, 0.15) is 0 Å². The van der Waals surface area contributed by atoms with E-state index in [0.29, 0.717) is 5.69 Å². The summed E-state index contributed by atoms with van der Waals surface area (Å²) < 4.78 is 42.7. The molecular formula is C32H24F3NSi. The van der Waals surface area contributed by atoms with Gasteiger partial charge in [-0.15, -0.1) is 0 Å². The van der Waals surface area contributed by atoms with Crippen LogP contribution in [0, 0.1) is 17.5 Å². The number of rotatable bonds is 4. The normalized spacial score (nSPS) is 13.2. The average molecular weight is 508 g/mol. The number of benzene rings is 5. The van der Waals surface area contributed by atoms with E-state index in [1.807, 2.05) is 35.2 Å². The summed E-state index contributed by atoms with van der Waals surface area (Å²) in [6, 6.07) is 32.3. The Labute approximate surface area is 215 Å². The lowest BCUT2D eigenvalue weighted by atomic mass is 10.0. The van der Waals surface area contributed by atoms with E-state index in [9.17, 15) is 13.2 Å². The zero-order chi connectivity index (χ0) is 25.7. The van der Waals surface area contributed by atoms with Crippen LogP contribution < -0.4 is 15.3 Å². The molecule has 1 nitrogen and oxygen atoms in total. The van der Waals surface area contributed by atoms with Crippen molar-refractivity contribution in [3.63, 3.8) is 0 Å². The van der Waals surface area contributed by atoms with Crippen molar-refractivity contribution in [2.24, 2.45) is 0 Å². The average Bonchev–Trinajstić information content (AvgIpc) is 3.11. The molecule has 182 valence electrons. The Bertz CT molecular complexity index is 1620. The van der Waals surface area contributed by atoms with Crippen LogP contribution in [0.2, 0.25) is 13.1 Å². The number of fused-ring (bicyclic) bond motifs is 3. The quantitative estimate of drug-likeness (QED) is 0.223. The molecular weight excluding hydrogens is 483 g/mol. The van der Waals surface area contributed by atoms with Gasteiger partial charge in [0.15, 0.2) is 0 Å². The van der Waals surface area contributed by atoms with Gasteiger partial charge in [-0.05, 0) is 69.5 Å². The molecule has 5 aromatic rings. The molecule has 0 amide bonds. The van der Waals surface area contributed by atoms with E-state index in [4.69, 9.17) is 0 Å². The first kappa shape index (κ1) is 23.3. The van der Waals surface area contributed by atoms with Gasteiger partial charge in [0.2, 0.25) is 0 Å². The molecule has 0 radical (unpaired) electrons. The minimum atomic E-state index is -1.98. The van der Waals surface area contributed by atoms with Gasteiger partial charge in [-0.1, -0.05) is 73.8 Å². The van der Waals surface area contributed by atoms with Crippen molar-refractivity contribution in [1.82, 2.24) is 0 Å². The van der Waals surface area contributed by atoms with Gasteiger partial charge in [-0.3, -0.25) is 0 Å². The first-order valence-corrected chi connectivity index (χ1v) is 15.2. The SMILES string of the molecule is C[Si]1(C)c2ccccc2-c2ccc(N(c3cc(F)cc(F)c3)c3ccccc3-c3ccc(F)cc3)cc21. The number of hydrogen-bond acceptors (Lipinski definition) is 1. The second-order valence-electron chi connectivity index (χ2n) is 9.89. The summed E-state index contributed by atoms with van der Waals surface area (Å²) in [5, 5.41) is 2.67. The second-order valence-corrected chi connectivity index (χ2v) is 14.2. The van der Waals surface area contributed by atoms with E-state index in [2.05, 4.69) is 49.5 Å². The monoisotopic (exact) mass is 507 g/mol. The summed E-state index contributed by atoms with van der Waals surface area (Å²) in [5.41, 5.74) is 6.04. The Balaban J connectivity index is 1.59. The highest BCUT2D eigenvalue weighted by molar-refractivity contribution is 7.03. The second kappa shape index (κ2) is 8.78. The fourth-order valence-corrected chi connectivity index (χ4v) is 8.56. The highest BCUT2D eigenvalue weighted by Gasteiger charge is 2.37. The predicted molar refractivity (Wildman–Crippen MR) is 149 cm³/mol. The van der Waals surface area contributed by atoms with Gasteiger partial charge in [0.1, 0.15) is 25.5 Å². The third-order valence-corrected chi connectivity index (χ3v) is 10.8. The van der Waals surface area contributed by atoms with Crippen LogP contribution in [0.25, 0.3) is 22.3 Å².